The number of hydrogen-bond acceptors (Lipinski definition) is 3. The van der Waals surface area contributed by atoms with Gasteiger partial charge in [-0.15, -0.1) is 0 Å². The van der Waals surface area contributed by atoms with Crippen LogP contribution in [-0.2, 0) is 9.59 Å². The van der Waals surface area contributed by atoms with Crippen molar-refractivity contribution in [2.75, 3.05) is 4.90 Å². The van der Waals surface area contributed by atoms with Crippen LogP contribution in [-0.4, -0.2) is 17.5 Å². The van der Waals surface area contributed by atoms with Gasteiger partial charge >= 0.3 is 0 Å². The van der Waals surface area contributed by atoms with E-state index in [-0.39, 0.29) is 24.7 Å². The Balaban J connectivity index is 2.17. The van der Waals surface area contributed by atoms with E-state index in [2.05, 4.69) is 0 Å². The van der Waals surface area contributed by atoms with Gasteiger partial charge in [-0.2, -0.15) is 0 Å². The van der Waals surface area contributed by atoms with Crippen molar-refractivity contribution >= 4 is 17.5 Å². The summed E-state index contributed by atoms with van der Waals surface area (Å²) in [5.74, 6) is -0.0388. The molecule has 27 heavy (non-hydrogen) atoms. The monoisotopic (exact) mass is 377 g/mol. The Bertz CT molecular complexity index is 760. The molecular weight excluding hydrogens is 352 g/mol. The van der Waals surface area contributed by atoms with Crippen molar-refractivity contribution in [3.63, 3.8) is 0 Å². The third kappa shape index (κ3) is 5.49. The van der Waals surface area contributed by atoms with E-state index in [1.165, 1.54) is 19.9 Å². The van der Waals surface area contributed by atoms with Crippen LogP contribution in [0.1, 0.15) is 53.4 Å². The number of amides is 2. The topological polar surface area (TPSA) is 46.6 Å². The molecule has 0 N–H and O–H groups in total. The highest BCUT2D eigenvalue weighted by molar-refractivity contribution is 6.30. The van der Waals surface area contributed by atoms with Gasteiger partial charge in [-0.3, -0.25) is 9.59 Å². The zero-order valence-corrected chi connectivity index (χ0v) is 16.1. The van der Waals surface area contributed by atoms with E-state index in [1.807, 2.05) is 6.92 Å². The number of imide groups is 1. The lowest BCUT2D eigenvalue weighted by molar-refractivity contribution is -0.136. The second-order valence-corrected chi connectivity index (χ2v) is 7.17. The molecule has 1 saturated heterocycles. The van der Waals surface area contributed by atoms with E-state index < -0.39 is 11.5 Å². The van der Waals surface area contributed by atoms with E-state index >= 15 is 0 Å². The van der Waals surface area contributed by atoms with Gasteiger partial charge in [-0.05, 0) is 57.5 Å². The average molecular weight is 377 g/mol. The first kappa shape index (κ1) is 20.8. The van der Waals surface area contributed by atoms with Crippen LogP contribution in [0.5, 0.6) is 5.75 Å². The Morgan fingerprint density at radius 2 is 1.81 bits per heavy atom. The Morgan fingerprint density at radius 3 is 2.30 bits per heavy atom. The molecule has 1 aromatic rings. The van der Waals surface area contributed by atoms with Crippen molar-refractivity contribution in [3.8, 4) is 5.75 Å². The number of benzene rings is 1. The number of rotatable bonds is 8. The molecule has 0 saturated carbocycles. The second kappa shape index (κ2) is 8.46. The van der Waals surface area contributed by atoms with Crippen LogP contribution in [0.25, 0.3) is 0 Å². The van der Waals surface area contributed by atoms with Gasteiger partial charge < -0.3 is 4.74 Å². The Labute approximate surface area is 158 Å². The minimum atomic E-state index is -1.48. The third-order valence-electron chi connectivity index (χ3n) is 4.16. The molecular formula is C21H25F2NO3. The van der Waals surface area contributed by atoms with Crippen LogP contribution in [0.15, 0.2) is 47.5 Å². The van der Waals surface area contributed by atoms with Gasteiger partial charge in [0, 0.05) is 18.4 Å². The summed E-state index contributed by atoms with van der Waals surface area (Å²) < 4.78 is 33.8. The molecule has 0 aliphatic carbocycles. The lowest BCUT2D eigenvalue weighted by Crippen LogP contribution is -2.49. The number of allylic oxidation sites excluding steroid dienone is 4. The van der Waals surface area contributed by atoms with E-state index in [1.54, 1.807) is 31.2 Å². The molecule has 0 spiro atoms. The maximum Gasteiger partial charge on any atom is 0.243 e. The van der Waals surface area contributed by atoms with Gasteiger partial charge in [0.2, 0.25) is 11.8 Å². The van der Waals surface area contributed by atoms with Gasteiger partial charge in [0.05, 0.1) is 5.69 Å². The van der Waals surface area contributed by atoms with Gasteiger partial charge in [-0.25, -0.2) is 13.7 Å². The van der Waals surface area contributed by atoms with Crippen LogP contribution in [0, 0.1) is 0 Å². The summed E-state index contributed by atoms with van der Waals surface area (Å²) >= 11 is 0. The molecule has 0 atom stereocenters. The second-order valence-electron chi connectivity index (χ2n) is 7.17. The van der Waals surface area contributed by atoms with Crippen molar-refractivity contribution in [3.05, 3.63) is 47.5 Å². The SMILES string of the molecule is CCC/C(Oc1ccc(N2C(=O)CC2=O)cc1)=C(\C)C(F)=CCC(C)(C)F. The molecule has 146 valence electrons. The number of β-lactam (4-membered cyclic amide) rings is 2. The molecule has 1 aromatic carbocycles. The lowest BCUT2D eigenvalue weighted by atomic mass is 10.1. The highest BCUT2D eigenvalue weighted by Crippen LogP contribution is 2.29. The number of ether oxygens (including phenoxy) is 1. The molecule has 6 heteroatoms. The number of hydrogen-bond donors (Lipinski definition) is 0. The van der Waals surface area contributed by atoms with Crippen molar-refractivity contribution in [1.82, 2.24) is 0 Å². The van der Waals surface area contributed by atoms with E-state index in [0.717, 1.165) is 11.3 Å². The van der Waals surface area contributed by atoms with E-state index in [4.69, 9.17) is 4.74 Å². The minimum Gasteiger partial charge on any atom is -0.461 e. The maximum atomic E-state index is 14.4. The zero-order valence-electron chi connectivity index (χ0n) is 16.1. The van der Waals surface area contributed by atoms with Crippen LogP contribution in [0.3, 0.4) is 0 Å². The molecule has 0 bridgehead atoms. The van der Waals surface area contributed by atoms with Crippen molar-refractivity contribution in [2.24, 2.45) is 0 Å². The molecule has 1 aliphatic rings. The zero-order chi connectivity index (χ0) is 20.2. The summed E-state index contributed by atoms with van der Waals surface area (Å²) in [7, 11) is 0. The van der Waals surface area contributed by atoms with Crippen molar-refractivity contribution in [2.45, 2.75) is 59.0 Å². The first-order valence-corrected chi connectivity index (χ1v) is 9.00. The molecule has 1 heterocycles. The molecule has 0 unspecified atom stereocenters. The molecule has 2 rings (SSSR count). The molecule has 0 radical (unpaired) electrons. The molecule has 1 fully saturated rings. The number of carbonyl (C=O) groups is 2. The standard InChI is InChI=1S/C21H25F2NO3/c1-5-6-18(14(2)17(22)11-12-21(3,4)23)27-16-9-7-15(8-10-16)24-19(25)13-20(24)26/h7-11H,5-6,12-13H2,1-4H3/b17-11?,18-14-. The molecule has 4 nitrogen and oxygen atoms in total. The third-order valence-corrected chi connectivity index (χ3v) is 4.16. The molecule has 1 aliphatic heterocycles. The maximum absolute atomic E-state index is 14.4. The summed E-state index contributed by atoms with van der Waals surface area (Å²) in [6.07, 6.45) is 2.42. The number of halogens is 2. The minimum absolute atomic E-state index is 0.0256. The number of carbonyl (C=O) groups excluding carboxylic acids is 2. The van der Waals surface area contributed by atoms with Crippen LogP contribution < -0.4 is 9.64 Å². The largest absolute Gasteiger partial charge is 0.461 e. The van der Waals surface area contributed by atoms with Gasteiger partial charge in [0.15, 0.2) is 0 Å². The van der Waals surface area contributed by atoms with Gasteiger partial charge in [-0.1, -0.05) is 6.92 Å². The van der Waals surface area contributed by atoms with E-state index in [9.17, 15) is 18.4 Å². The van der Waals surface area contributed by atoms with Crippen LogP contribution >= 0.6 is 0 Å². The molecule has 0 aromatic heterocycles. The van der Waals surface area contributed by atoms with Gasteiger partial charge in [0.25, 0.3) is 0 Å². The van der Waals surface area contributed by atoms with E-state index in [0.29, 0.717) is 29.2 Å². The fourth-order valence-corrected chi connectivity index (χ4v) is 2.59. The average Bonchev–Trinajstić information content (AvgIpc) is 2.59. The highest BCUT2D eigenvalue weighted by Gasteiger charge is 2.35. The molecule has 2 amide bonds. The summed E-state index contributed by atoms with van der Waals surface area (Å²) in [6, 6.07) is 6.48. The number of nitrogens with zero attached hydrogens (tertiary/aromatic N) is 1. The quantitative estimate of drug-likeness (QED) is 0.264. The predicted molar refractivity (Wildman–Crippen MR) is 101 cm³/mol. The van der Waals surface area contributed by atoms with Crippen molar-refractivity contribution < 1.29 is 23.1 Å². The summed E-state index contributed by atoms with van der Waals surface area (Å²) in [5.41, 5.74) is -0.666. The fraction of sp³-hybridized carbons (Fsp3) is 0.429. The number of alkyl halides is 1. The number of anilines is 1. The van der Waals surface area contributed by atoms with Crippen molar-refractivity contribution in [1.29, 1.82) is 0 Å². The van der Waals surface area contributed by atoms with Gasteiger partial charge in [0.1, 0.15) is 29.4 Å². The first-order chi connectivity index (χ1) is 12.6. The summed E-state index contributed by atoms with van der Waals surface area (Å²) in [4.78, 5) is 24.1. The Kier molecular flexibility index (Phi) is 6.52. The fourth-order valence-electron chi connectivity index (χ4n) is 2.59. The Hall–Kier alpha value is -2.50. The predicted octanol–water partition coefficient (Wildman–Crippen LogP) is 5.39. The summed E-state index contributed by atoms with van der Waals surface area (Å²) in [5, 5.41) is 0. The smallest absolute Gasteiger partial charge is 0.243 e. The lowest BCUT2D eigenvalue weighted by Gasteiger charge is -2.28. The normalized spacial score (nSPS) is 16.2. The van der Waals surface area contributed by atoms with Crippen LogP contribution in [0.2, 0.25) is 0 Å². The summed E-state index contributed by atoms with van der Waals surface area (Å²) in [6.45, 7) is 6.35. The Morgan fingerprint density at radius 1 is 1.22 bits per heavy atom. The van der Waals surface area contributed by atoms with Crippen LogP contribution in [0.4, 0.5) is 14.5 Å². The highest BCUT2D eigenvalue weighted by atomic mass is 19.1. The first-order valence-electron chi connectivity index (χ1n) is 9.00.